The molecule has 0 aromatic carbocycles. The lowest BCUT2D eigenvalue weighted by atomic mass is 9.66. The number of alkyl carbamates (subject to hydrolysis) is 1. The van der Waals surface area contributed by atoms with E-state index in [1.807, 2.05) is 20.8 Å². The summed E-state index contributed by atoms with van der Waals surface area (Å²) in [6.07, 6.45) is 14.3. The number of hydrogen-bond acceptors (Lipinski definition) is 5. The highest BCUT2D eigenvalue weighted by Crippen LogP contribution is 2.42. The van der Waals surface area contributed by atoms with Gasteiger partial charge in [-0.25, -0.2) is 14.8 Å². The van der Waals surface area contributed by atoms with Crippen LogP contribution in [0.1, 0.15) is 85.0 Å². The minimum Gasteiger partial charge on any atom is -0.444 e. The van der Waals surface area contributed by atoms with Crippen molar-refractivity contribution in [1.29, 1.82) is 0 Å². The average Bonchev–Trinajstić information content (AvgIpc) is 2.75. The van der Waals surface area contributed by atoms with Crippen LogP contribution in [-0.4, -0.2) is 33.6 Å². The van der Waals surface area contributed by atoms with Crippen LogP contribution >= 0.6 is 15.9 Å². The lowest BCUT2D eigenvalue weighted by molar-refractivity contribution is -0.121. The Balaban J connectivity index is 1.87. The summed E-state index contributed by atoms with van der Waals surface area (Å²) >= 11 is 3.32. The van der Waals surface area contributed by atoms with Crippen LogP contribution in [0.4, 0.5) is 10.7 Å². The Morgan fingerprint density at radius 1 is 0.969 bits per heavy atom. The van der Waals surface area contributed by atoms with E-state index in [2.05, 4.69) is 36.5 Å². The number of carbonyl (C=O) groups is 2. The van der Waals surface area contributed by atoms with E-state index in [-0.39, 0.29) is 17.8 Å². The minimum absolute atomic E-state index is 0.0820. The van der Waals surface area contributed by atoms with Gasteiger partial charge >= 0.3 is 6.09 Å². The third kappa shape index (κ3) is 7.42. The van der Waals surface area contributed by atoms with E-state index in [0.29, 0.717) is 11.8 Å². The van der Waals surface area contributed by atoms with Crippen molar-refractivity contribution in [3.63, 3.8) is 0 Å². The number of carbonyl (C=O) groups excluding carboxylic acids is 2. The molecule has 178 valence electrons. The van der Waals surface area contributed by atoms with Gasteiger partial charge in [-0.2, -0.15) is 0 Å². The van der Waals surface area contributed by atoms with Crippen LogP contribution in [0, 0.1) is 17.8 Å². The zero-order chi connectivity index (χ0) is 23.1. The van der Waals surface area contributed by atoms with Crippen molar-refractivity contribution in [2.45, 2.75) is 96.6 Å². The number of ether oxygens (including phenoxy) is 1. The van der Waals surface area contributed by atoms with Crippen LogP contribution in [0.3, 0.4) is 0 Å². The largest absolute Gasteiger partial charge is 0.444 e. The molecule has 2 N–H and O–H groups in total. The van der Waals surface area contributed by atoms with Crippen LogP contribution in [-0.2, 0) is 9.53 Å². The highest BCUT2D eigenvalue weighted by Gasteiger charge is 2.41. The summed E-state index contributed by atoms with van der Waals surface area (Å²) in [5, 5.41) is 5.81. The van der Waals surface area contributed by atoms with E-state index in [1.54, 1.807) is 12.4 Å². The molecule has 1 atom stereocenters. The summed E-state index contributed by atoms with van der Waals surface area (Å²) in [7, 11) is 0. The Labute approximate surface area is 200 Å². The predicted molar refractivity (Wildman–Crippen MR) is 128 cm³/mol. The summed E-state index contributed by atoms with van der Waals surface area (Å²) in [5.41, 5.74) is -0.634. The van der Waals surface area contributed by atoms with Gasteiger partial charge in [-0.1, -0.05) is 64.2 Å². The second kappa shape index (κ2) is 11.4. The first-order chi connectivity index (χ1) is 15.2. The third-order valence-electron chi connectivity index (χ3n) is 6.58. The first kappa shape index (κ1) is 24.9. The van der Waals surface area contributed by atoms with Crippen LogP contribution in [0.5, 0.6) is 0 Å². The Morgan fingerprint density at radius 3 is 1.94 bits per heavy atom. The van der Waals surface area contributed by atoms with E-state index in [9.17, 15) is 9.59 Å². The lowest BCUT2D eigenvalue weighted by Crippen LogP contribution is -2.54. The predicted octanol–water partition coefficient (Wildman–Crippen LogP) is 5.85. The van der Waals surface area contributed by atoms with Gasteiger partial charge in [0, 0.05) is 12.4 Å². The fourth-order valence-corrected chi connectivity index (χ4v) is 5.51. The molecule has 0 spiro atoms. The van der Waals surface area contributed by atoms with Gasteiger partial charge in [0.1, 0.15) is 11.6 Å². The Morgan fingerprint density at radius 2 is 1.47 bits per heavy atom. The molecular weight excluding hydrogens is 472 g/mol. The zero-order valence-corrected chi connectivity index (χ0v) is 21.1. The van der Waals surface area contributed by atoms with E-state index in [4.69, 9.17) is 4.74 Å². The van der Waals surface area contributed by atoms with E-state index < -0.39 is 17.7 Å². The van der Waals surface area contributed by atoms with Crippen LogP contribution in [0.25, 0.3) is 0 Å². The smallest absolute Gasteiger partial charge is 0.408 e. The maximum Gasteiger partial charge on any atom is 0.408 e. The topological polar surface area (TPSA) is 93.2 Å². The van der Waals surface area contributed by atoms with Crippen molar-refractivity contribution in [2.75, 3.05) is 5.32 Å². The molecule has 2 amide bonds. The number of aromatic nitrogens is 2. The van der Waals surface area contributed by atoms with Gasteiger partial charge in [0.2, 0.25) is 11.9 Å². The molecule has 0 radical (unpaired) electrons. The van der Waals surface area contributed by atoms with Gasteiger partial charge in [0.25, 0.3) is 0 Å². The van der Waals surface area contributed by atoms with E-state index in [1.165, 1.54) is 38.5 Å². The molecule has 1 aromatic heterocycles. The fourth-order valence-electron chi connectivity index (χ4n) is 5.30. The zero-order valence-electron chi connectivity index (χ0n) is 19.5. The summed E-state index contributed by atoms with van der Waals surface area (Å²) in [5.74, 6) is 0.893. The molecule has 32 heavy (non-hydrogen) atoms. The van der Waals surface area contributed by atoms with E-state index in [0.717, 1.165) is 30.2 Å². The fraction of sp³-hybridized carbons (Fsp3) is 0.750. The molecule has 7 nitrogen and oxygen atoms in total. The van der Waals surface area contributed by atoms with Gasteiger partial charge in [-0.3, -0.25) is 10.1 Å². The Bertz CT molecular complexity index is 736. The van der Waals surface area contributed by atoms with Gasteiger partial charge in [-0.05, 0) is 54.5 Å². The summed E-state index contributed by atoms with van der Waals surface area (Å²) in [6, 6.07) is -0.678. The first-order valence-corrected chi connectivity index (χ1v) is 12.8. The number of nitrogens with zero attached hydrogens (tertiary/aromatic N) is 2. The molecule has 1 heterocycles. The molecule has 1 aromatic rings. The number of rotatable bonds is 6. The van der Waals surface area contributed by atoms with Crippen molar-refractivity contribution < 1.29 is 14.3 Å². The molecule has 2 aliphatic carbocycles. The third-order valence-corrected chi connectivity index (χ3v) is 6.99. The van der Waals surface area contributed by atoms with Crippen molar-refractivity contribution >= 4 is 33.9 Å². The standard InChI is InChI=1S/C24H37BrN4O3/c1-24(2,3)32-23(31)28-20(21(30)29-22-26-14-18(25)15-27-22)19(16-10-6-4-7-11-16)17-12-8-5-9-13-17/h14-17,19-20H,4-13H2,1-3H3,(H,28,31)(H,26,27,29,30)/t20-/m0/s1. The van der Waals surface area contributed by atoms with Crippen molar-refractivity contribution in [3.8, 4) is 0 Å². The molecule has 0 bridgehead atoms. The summed E-state index contributed by atoms with van der Waals surface area (Å²) in [6.45, 7) is 5.49. The van der Waals surface area contributed by atoms with Gasteiger partial charge < -0.3 is 10.1 Å². The average molecular weight is 509 g/mol. The SMILES string of the molecule is CC(C)(C)OC(=O)N[C@H](C(=O)Nc1ncc(Br)cn1)C(C1CCCCC1)C1CCCCC1. The molecule has 2 aliphatic rings. The van der Waals surface area contributed by atoms with Crippen LogP contribution in [0.2, 0.25) is 0 Å². The maximum absolute atomic E-state index is 13.6. The van der Waals surface area contributed by atoms with Gasteiger partial charge in [-0.15, -0.1) is 0 Å². The second-order valence-electron chi connectivity index (χ2n) is 10.2. The molecule has 2 fully saturated rings. The van der Waals surface area contributed by atoms with Crippen molar-refractivity contribution in [3.05, 3.63) is 16.9 Å². The van der Waals surface area contributed by atoms with Crippen molar-refractivity contribution in [2.24, 2.45) is 17.8 Å². The molecule has 8 heteroatoms. The molecular formula is C24H37BrN4O3. The highest BCUT2D eigenvalue weighted by atomic mass is 79.9. The maximum atomic E-state index is 13.6. The number of hydrogen-bond donors (Lipinski definition) is 2. The van der Waals surface area contributed by atoms with Gasteiger partial charge in [0.05, 0.1) is 4.47 Å². The first-order valence-electron chi connectivity index (χ1n) is 12.0. The normalized spacial score (nSPS) is 19.4. The highest BCUT2D eigenvalue weighted by molar-refractivity contribution is 9.10. The quantitative estimate of drug-likeness (QED) is 0.502. The van der Waals surface area contributed by atoms with Gasteiger partial charge in [0.15, 0.2) is 0 Å². The Kier molecular flexibility index (Phi) is 8.91. The summed E-state index contributed by atoms with van der Waals surface area (Å²) < 4.78 is 6.28. The Hall–Kier alpha value is -1.70. The molecule has 3 rings (SSSR count). The van der Waals surface area contributed by atoms with E-state index >= 15 is 0 Å². The number of anilines is 1. The van der Waals surface area contributed by atoms with Crippen LogP contribution in [0.15, 0.2) is 16.9 Å². The molecule has 2 saturated carbocycles. The lowest BCUT2D eigenvalue weighted by Gasteiger charge is -2.41. The minimum atomic E-state index is -0.678. The van der Waals surface area contributed by atoms with Crippen LogP contribution < -0.4 is 10.6 Å². The number of nitrogens with one attached hydrogen (secondary N) is 2. The molecule has 0 aliphatic heterocycles. The monoisotopic (exact) mass is 508 g/mol. The number of halogens is 1. The second-order valence-corrected chi connectivity index (χ2v) is 11.1. The summed E-state index contributed by atoms with van der Waals surface area (Å²) in [4.78, 5) is 34.7. The molecule has 0 unspecified atom stereocenters. The molecule has 0 saturated heterocycles. The van der Waals surface area contributed by atoms with Crippen molar-refractivity contribution in [1.82, 2.24) is 15.3 Å². The number of amides is 2.